The number of nitrogens with one attached hydrogen (secondary N) is 2. The van der Waals surface area contributed by atoms with Gasteiger partial charge >= 0.3 is 12.0 Å². The smallest absolute Gasteiger partial charge is 0.326 e. The number of carboxylic acids is 1. The molecule has 0 aromatic carbocycles. The summed E-state index contributed by atoms with van der Waals surface area (Å²) in [6.45, 7) is 7.20. The highest BCUT2D eigenvalue weighted by molar-refractivity contribution is 5.83. The van der Waals surface area contributed by atoms with Crippen LogP contribution in [-0.2, 0) is 11.2 Å². The SMILES string of the molecule is Cc1nc(CCNC(=O)NC(C(=O)O)C(C)(C)C)no1. The zero-order chi connectivity index (χ0) is 15.3. The van der Waals surface area contributed by atoms with Crippen LogP contribution in [0.1, 0.15) is 32.5 Å². The minimum Gasteiger partial charge on any atom is -0.480 e. The zero-order valence-corrected chi connectivity index (χ0v) is 12.1. The second-order valence-corrected chi connectivity index (χ2v) is 5.52. The number of rotatable bonds is 5. The molecule has 0 saturated carbocycles. The first-order chi connectivity index (χ1) is 9.20. The second kappa shape index (κ2) is 6.36. The van der Waals surface area contributed by atoms with Crippen LogP contribution < -0.4 is 10.6 Å². The highest BCUT2D eigenvalue weighted by Crippen LogP contribution is 2.19. The first-order valence-corrected chi connectivity index (χ1v) is 6.26. The van der Waals surface area contributed by atoms with Crippen LogP contribution in [0.3, 0.4) is 0 Å². The lowest BCUT2D eigenvalue weighted by molar-refractivity contribution is -0.141. The van der Waals surface area contributed by atoms with E-state index in [1.807, 2.05) is 0 Å². The standard InChI is InChI=1S/C12H20N4O4/c1-7-14-8(16-20-7)5-6-13-11(19)15-9(10(17)18)12(2,3)4/h9H,5-6H2,1-4H3,(H,17,18)(H2,13,15,19). The molecule has 2 amide bonds. The Kier molecular flexibility index (Phi) is 5.06. The van der Waals surface area contributed by atoms with Crippen LogP contribution >= 0.6 is 0 Å². The van der Waals surface area contributed by atoms with Crippen molar-refractivity contribution in [1.82, 2.24) is 20.8 Å². The van der Waals surface area contributed by atoms with E-state index in [-0.39, 0.29) is 0 Å². The molecule has 1 rings (SSSR count). The fourth-order valence-electron chi connectivity index (χ4n) is 1.56. The maximum absolute atomic E-state index is 11.7. The largest absolute Gasteiger partial charge is 0.480 e. The summed E-state index contributed by atoms with van der Waals surface area (Å²) in [7, 11) is 0. The van der Waals surface area contributed by atoms with Crippen LogP contribution in [0.2, 0.25) is 0 Å². The Morgan fingerprint density at radius 2 is 2.05 bits per heavy atom. The summed E-state index contributed by atoms with van der Waals surface area (Å²) >= 11 is 0. The normalized spacial score (nSPS) is 12.8. The molecule has 0 aliphatic carbocycles. The van der Waals surface area contributed by atoms with E-state index < -0.39 is 23.5 Å². The van der Waals surface area contributed by atoms with Crippen molar-refractivity contribution >= 4 is 12.0 Å². The molecule has 1 aromatic heterocycles. The summed E-state index contributed by atoms with van der Waals surface area (Å²) < 4.78 is 4.80. The number of aromatic nitrogens is 2. The third-order valence-electron chi connectivity index (χ3n) is 2.59. The predicted octanol–water partition coefficient (Wildman–Crippen LogP) is 0.719. The van der Waals surface area contributed by atoms with Crippen LogP contribution in [0.4, 0.5) is 4.79 Å². The molecular formula is C12H20N4O4. The van der Waals surface area contributed by atoms with E-state index in [0.29, 0.717) is 24.7 Å². The quantitative estimate of drug-likeness (QED) is 0.733. The Morgan fingerprint density at radius 3 is 2.50 bits per heavy atom. The number of hydrogen-bond acceptors (Lipinski definition) is 5. The first kappa shape index (κ1) is 15.9. The molecule has 8 nitrogen and oxygen atoms in total. The Hall–Kier alpha value is -2.12. The van der Waals surface area contributed by atoms with Crippen LogP contribution in [-0.4, -0.2) is 39.8 Å². The average molecular weight is 284 g/mol. The number of nitrogens with zero attached hydrogens (tertiary/aromatic N) is 2. The van der Waals surface area contributed by atoms with Crippen LogP contribution in [0.15, 0.2) is 4.52 Å². The Morgan fingerprint density at radius 1 is 1.40 bits per heavy atom. The van der Waals surface area contributed by atoms with E-state index in [0.717, 1.165) is 0 Å². The van der Waals surface area contributed by atoms with Gasteiger partial charge in [-0.3, -0.25) is 0 Å². The van der Waals surface area contributed by atoms with E-state index in [2.05, 4.69) is 20.8 Å². The van der Waals surface area contributed by atoms with Gasteiger partial charge in [-0.2, -0.15) is 4.98 Å². The number of aliphatic carboxylic acids is 1. The molecule has 0 spiro atoms. The van der Waals surface area contributed by atoms with Gasteiger partial charge in [-0.25, -0.2) is 9.59 Å². The minimum absolute atomic E-state index is 0.293. The fourth-order valence-corrected chi connectivity index (χ4v) is 1.56. The molecule has 0 aliphatic heterocycles. The van der Waals surface area contributed by atoms with Gasteiger partial charge in [-0.05, 0) is 5.41 Å². The van der Waals surface area contributed by atoms with Gasteiger partial charge in [-0.15, -0.1) is 0 Å². The van der Waals surface area contributed by atoms with E-state index in [4.69, 9.17) is 9.63 Å². The van der Waals surface area contributed by atoms with Crippen LogP contribution in [0, 0.1) is 12.3 Å². The monoisotopic (exact) mass is 284 g/mol. The number of carboxylic acid groups (broad SMARTS) is 1. The number of carbonyl (C=O) groups is 2. The van der Waals surface area contributed by atoms with Crippen molar-refractivity contribution in [3.8, 4) is 0 Å². The van der Waals surface area contributed by atoms with Crippen molar-refractivity contribution in [3.63, 3.8) is 0 Å². The molecule has 20 heavy (non-hydrogen) atoms. The third kappa shape index (κ3) is 4.87. The molecule has 3 N–H and O–H groups in total. The van der Waals surface area contributed by atoms with Gasteiger partial charge in [-0.1, -0.05) is 25.9 Å². The van der Waals surface area contributed by atoms with E-state index in [9.17, 15) is 9.59 Å². The Bertz CT molecular complexity index is 478. The summed E-state index contributed by atoms with van der Waals surface area (Å²) in [6, 6.07) is -1.50. The highest BCUT2D eigenvalue weighted by atomic mass is 16.5. The number of aryl methyl sites for hydroxylation is 1. The molecule has 1 heterocycles. The van der Waals surface area contributed by atoms with Crippen molar-refractivity contribution in [2.24, 2.45) is 5.41 Å². The van der Waals surface area contributed by atoms with Crippen molar-refractivity contribution in [2.75, 3.05) is 6.54 Å². The van der Waals surface area contributed by atoms with E-state index in [1.54, 1.807) is 27.7 Å². The topological polar surface area (TPSA) is 117 Å². The minimum atomic E-state index is -1.07. The molecule has 0 saturated heterocycles. The number of hydrogen-bond donors (Lipinski definition) is 3. The molecule has 1 atom stereocenters. The Balaban J connectivity index is 2.41. The predicted molar refractivity (Wildman–Crippen MR) is 70.2 cm³/mol. The molecule has 112 valence electrons. The van der Waals surface area contributed by atoms with Gasteiger partial charge in [0, 0.05) is 19.9 Å². The van der Waals surface area contributed by atoms with Crippen LogP contribution in [0.5, 0.6) is 0 Å². The van der Waals surface area contributed by atoms with Crippen molar-refractivity contribution in [2.45, 2.75) is 40.2 Å². The van der Waals surface area contributed by atoms with Gasteiger partial charge < -0.3 is 20.3 Å². The molecule has 0 fully saturated rings. The van der Waals surface area contributed by atoms with Crippen molar-refractivity contribution < 1.29 is 19.2 Å². The molecule has 0 radical (unpaired) electrons. The average Bonchev–Trinajstić information content (AvgIpc) is 2.70. The van der Waals surface area contributed by atoms with Gasteiger partial charge in [0.05, 0.1) is 0 Å². The number of carbonyl (C=O) groups excluding carboxylic acids is 1. The lowest BCUT2D eigenvalue weighted by Crippen LogP contribution is -2.52. The van der Waals surface area contributed by atoms with E-state index in [1.165, 1.54) is 0 Å². The molecule has 0 bridgehead atoms. The second-order valence-electron chi connectivity index (χ2n) is 5.52. The van der Waals surface area contributed by atoms with Gasteiger partial charge in [0.25, 0.3) is 0 Å². The first-order valence-electron chi connectivity index (χ1n) is 6.26. The van der Waals surface area contributed by atoms with Gasteiger partial charge in [0.15, 0.2) is 5.82 Å². The van der Waals surface area contributed by atoms with Gasteiger partial charge in [0.1, 0.15) is 6.04 Å². The summed E-state index contributed by atoms with van der Waals surface area (Å²) in [6.07, 6.45) is 0.415. The molecular weight excluding hydrogens is 264 g/mol. The van der Waals surface area contributed by atoms with Crippen molar-refractivity contribution in [1.29, 1.82) is 0 Å². The Labute approximate surface area is 116 Å². The molecule has 8 heteroatoms. The zero-order valence-electron chi connectivity index (χ0n) is 12.1. The maximum Gasteiger partial charge on any atom is 0.326 e. The molecule has 0 aliphatic rings. The summed E-state index contributed by atoms with van der Waals surface area (Å²) in [5.41, 5.74) is -0.575. The maximum atomic E-state index is 11.7. The number of urea groups is 1. The lowest BCUT2D eigenvalue weighted by Gasteiger charge is -2.27. The fraction of sp³-hybridized carbons (Fsp3) is 0.667. The van der Waals surface area contributed by atoms with Crippen LogP contribution in [0.25, 0.3) is 0 Å². The molecule has 1 unspecified atom stereocenters. The highest BCUT2D eigenvalue weighted by Gasteiger charge is 2.32. The van der Waals surface area contributed by atoms with Crippen molar-refractivity contribution in [3.05, 3.63) is 11.7 Å². The number of amides is 2. The van der Waals surface area contributed by atoms with E-state index >= 15 is 0 Å². The summed E-state index contributed by atoms with van der Waals surface area (Å²) in [5, 5.41) is 17.8. The third-order valence-corrected chi connectivity index (χ3v) is 2.59. The molecule has 1 aromatic rings. The lowest BCUT2D eigenvalue weighted by atomic mass is 9.87. The summed E-state index contributed by atoms with van der Waals surface area (Å²) in [4.78, 5) is 26.7. The van der Waals surface area contributed by atoms with Gasteiger partial charge in [0.2, 0.25) is 5.89 Å². The summed E-state index contributed by atoms with van der Waals surface area (Å²) in [5.74, 6) is -0.113.